The summed E-state index contributed by atoms with van der Waals surface area (Å²) in [6, 6.07) is 7.74. The number of hydrogen-bond acceptors (Lipinski definition) is 4. The van der Waals surface area contributed by atoms with Gasteiger partial charge in [-0.2, -0.15) is 0 Å². The van der Waals surface area contributed by atoms with Crippen LogP contribution in [0, 0.1) is 0 Å². The van der Waals surface area contributed by atoms with E-state index in [-0.39, 0.29) is 12.7 Å². The fourth-order valence-electron chi connectivity index (χ4n) is 1.85. The molecule has 0 bridgehead atoms. The maximum Gasteiger partial charge on any atom is 0.119 e. The van der Waals surface area contributed by atoms with E-state index in [1.165, 1.54) is 0 Å². The van der Waals surface area contributed by atoms with Gasteiger partial charge in [0.2, 0.25) is 0 Å². The summed E-state index contributed by atoms with van der Waals surface area (Å²) in [6.45, 7) is 2.76. The summed E-state index contributed by atoms with van der Waals surface area (Å²) in [5.74, 6) is 0.812. The van der Waals surface area contributed by atoms with E-state index in [1.54, 1.807) is 4.42 Å². The van der Waals surface area contributed by atoms with Crippen molar-refractivity contribution in [1.82, 2.24) is 4.42 Å². The fourth-order valence-corrected chi connectivity index (χ4v) is 2.08. The zero-order valence-corrected chi connectivity index (χ0v) is 11.0. The van der Waals surface area contributed by atoms with Gasteiger partial charge in [-0.05, 0) is 35.9 Å². The van der Waals surface area contributed by atoms with Crippen molar-refractivity contribution >= 4 is 11.8 Å². The highest BCUT2D eigenvalue weighted by Crippen LogP contribution is 2.14. The van der Waals surface area contributed by atoms with Crippen molar-refractivity contribution in [1.29, 1.82) is 0 Å². The third-order valence-electron chi connectivity index (χ3n) is 2.85. The molecule has 0 aliphatic carbocycles. The highest BCUT2D eigenvalue weighted by atomic mass is 35.5. The number of ether oxygens (including phenoxy) is 2. The van der Waals surface area contributed by atoms with Gasteiger partial charge in [0.05, 0.1) is 6.61 Å². The molecule has 2 rings (SSSR count). The van der Waals surface area contributed by atoms with Crippen LogP contribution < -0.4 is 4.74 Å². The Balaban J connectivity index is 1.78. The number of aliphatic hydroxyl groups is 1. The molecule has 0 radical (unpaired) electrons. The number of morpholine rings is 1. The van der Waals surface area contributed by atoms with E-state index in [0.717, 1.165) is 17.9 Å². The van der Waals surface area contributed by atoms with E-state index in [1.807, 2.05) is 24.3 Å². The average molecular weight is 272 g/mol. The van der Waals surface area contributed by atoms with Gasteiger partial charge >= 0.3 is 0 Å². The van der Waals surface area contributed by atoms with Crippen LogP contribution in [0.3, 0.4) is 0 Å². The highest BCUT2D eigenvalue weighted by Gasteiger charge is 2.19. The first kappa shape index (κ1) is 13.6. The zero-order chi connectivity index (χ0) is 12.8. The molecule has 1 N–H and O–H groups in total. The normalized spacial score (nSPS) is 20.9. The molecule has 4 nitrogen and oxygen atoms in total. The SMILES string of the molecule is OCCc1ccc(OCC2CN(Cl)CCO2)cc1. The van der Waals surface area contributed by atoms with Crippen molar-refractivity contribution in [3.63, 3.8) is 0 Å². The molecule has 1 aliphatic rings. The number of nitrogens with zero attached hydrogens (tertiary/aromatic N) is 1. The molecule has 1 heterocycles. The van der Waals surface area contributed by atoms with Gasteiger partial charge in [0, 0.05) is 19.7 Å². The van der Waals surface area contributed by atoms with E-state index < -0.39 is 0 Å². The molecular formula is C13H18ClNO3. The third kappa shape index (κ3) is 4.14. The first-order valence-electron chi connectivity index (χ1n) is 6.13. The van der Waals surface area contributed by atoms with Gasteiger partial charge in [-0.25, -0.2) is 4.42 Å². The van der Waals surface area contributed by atoms with Gasteiger partial charge in [-0.15, -0.1) is 0 Å². The quantitative estimate of drug-likeness (QED) is 0.824. The molecule has 5 heteroatoms. The number of aliphatic hydroxyl groups excluding tert-OH is 1. The Labute approximate surface area is 112 Å². The zero-order valence-electron chi connectivity index (χ0n) is 10.2. The first-order valence-corrected chi connectivity index (χ1v) is 6.46. The molecule has 1 aliphatic heterocycles. The molecule has 100 valence electrons. The van der Waals surface area contributed by atoms with Crippen molar-refractivity contribution in [2.75, 3.05) is 32.9 Å². The van der Waals surface area contributed by atoms with E-state index in [4.69, 9.17) is 26.4 Å². The second-order valence-electron chi connectivity index (χ2n) is 4.29. The van der Waals surface area contributed by atoms with Gasteiger partial charge in [0.1, 0.15) is 18.5 Å². The molecule has 1 saturated heterocycles. The van der Waals surface area contributed by atoms with E-state index >= 15 is 0 Å². The van der Waals surface area contributed by atoms with Crippen molar-refractivity contribution < 1.29 is 14.6 Å². The monoisotopic (exact) mass is 271 g/mol. The summed E-state index contributed by atoms with van der Waals surface area (Å²) in [7, 11) is 0. The van der Waals surface area contributed by atoms with Crippen LogP contribution in [-0.2, 0) is 11.2 Å². The third-order valence-corrected chi connectivity index (χ3v) is 3.16. The molecular weight excluding hydrogens is 254 g/mol. The van der Waals surface area contributed by atoms with Crippen molar-refractivity contribution in [3.05, 3.63) is 29.8 Å². The molecule has 0 aromatic heterocycles. The molecule has 1 unspecified atom stereocenters. The molecule has 0 spiro atoms. The van der Waals surface area contributed by atoms with Crippen LogP contribution in [0.25, 0.3) is 0 Å². The van der Waals surface area contributed by atoms with Crippen LogP contribution in [0.4, 0.5) is 0 Å². The van der Waals surface area contributed by atoms with Crippen molar-refractivity contribution in [2.24, 2.45) is 0 Å². The van der Waals surface area contributed by atoms with Gasteiger partial charge in [0.15, 0.2) is 0 Å². The Morgan fingerprint density at radius 3 is 2.83 bits per heavy atom. The van der Waals surface area contributed by atoms with E-state index in [0.29, 0.717) is 26.2 Å². The second kappa shape index (κ2) is 6.95. The number of halogens is 1. The summed E-state index contributed by atoms with van der Waals surface area (Å²) < 4.78 is 12.9. The molecule has 0 amide bonds. The Morgan fingerprint density at radius 1 is 1.39 bits per heavy atom. The van der Waals surface area contributed by atoms with Crippen molar-refractivity contribution in [2.45, 2.75) is 12.5 Å². The smallest absolute Gasteiger partial charge is 0.119 e. The minimum absolute atomic E-state index is 0.0216. The second-order valence-corrected chi connectivity index (χ2v) is 4.77. The summed E-state index contributed by atoms with van der Waals surface area (Å²) in [5, 5.41) is 8.82. The molecule has 18 heavy (non-hydrogen) atoms. The topological polar surface area (TPSA) is 41.9 Å². The Kier molecular flexibility index (Phi) is 5.26. The molecule has 1 aromatic rings. The fraction of sp³-hybridized carbons (Fsp3) is 0.538. The average Bonchev–Trinajstić information content (AvgIpc) is 2.38. The Morgan fingerprint density at radius 2 is 2.17 bits per heavy atom. The van der Waals surface area contributed by atoms with Crippen LogP contribution in [-0.4, -0.2) is 48.5 Å². The van der Waals surface area contributed by atoms with Crippen LogP contribution in [0.15, 0.2) is 24.3 Å². The van der Waals surface area contributed by atoms with Gasteiger partial charge < -0.3 is 14.6 Å². The molecule has 0 saturated carbocycles. The number of rotatable bonds is 5. The molecule has 1 atom stereocenters. The van der Waals surface area contributed by atoms with Crippen LogP contribution in [0.5, 0.6) is 5.75 Å². The first-order chi connectivity index (χ1) is 8.78. The van der Waals surface area contributed by atoms with Gasteiger partial charge in [-0.3, -0.25) is 0 Å². The highest BCUT2D eigenvalue weighted by molar-refractivity contribution is 6.13. The maximum atomic E-state index is 8.82. The van der Waals surface area contributed by atoms with Crippen LogP contribution >= 0.6 is 11.8 Å². The number of benzene rings is 1. The Hall–Kier alpha value is -0.810. The standard InChI is InChI=1S/C13H18ClNO3/c14-15-6-8-17-13(9-15)10-18-12-3-1-11(2-4-12)5-7-16/h1-4,13,16H,5-10H2. The minimum Gasteiger partial charge on any atom is -0.491 e. The number of hydrogen-bond donors (Lipinski definition) is 1. The Bertz CT molecular complexity index is 358. The summed E-state index contributed by atoms with van der Waals surface area (Å²) in [6.07, 6.45) is 0.695. The lowest BCUT2D eigenvalue weighted by molar-refractivity contribution is -0.0245. The summed E-state index contributed by atoms with van der Waals surface area (Å²) >= 11 is 5.92. The predicted octanol–water partition coefficient (Wildman–Crippen LogP) is 1.45. The van der Waals surface area contributed by atoms with E-state index in [2.05, 4.69) is 0 Å². The van der Waals surface area contributed by atoms with E-state index in [9.17, 15) is 0 Å². The van der Waals surface area contributed by atoms with Gasteiger partial charge in [0.25, 0.3) is 0 Å². The predicted molar refractivity (Wildman–Crippen MR) is 69.9 cm³/mol. The molecule has 1 aromatic carbocycles. The lowest BCUT2D eigenvalue weighted by atomic mass is 10.1. The lowest BCUT2D eigenvalue weighted by Crippen LogP contribution is -2.40. The minimum atomic E-state index is 0.0216. The largest absolute Gasteiger partial charge is 0.491 e. The van der Waals surface area contributed by atoms with Crippen LogP contribution in [0.2, 0.25) is 0 Å². The summed E-state index contributed by atoms with van der Waals surface area (Å²) in [5.41, 5.74) is 1.10. The lowest BCUT2D eigenvalue weighted by Gasteiger charge is -2.27. The molecule has 1 fully saturated rings. The summed E-state index contributed by atoms with van der Waals surface area (Å²) in [4.78, 5) is 0. The van der Waals surface area contributed by atoms with Crippen molar-refractivity contribution in [3.8, 4) is 5.75 Å². The maximum absolute atomic E-state index is 8.82. The van der Waals surface area contributed by atoms with Gasteiger partial charge in [-0.1, -0.05) is 12.1 Å². The van der Waals surface area contributed by atoms with Crippen LogP contribution in [0.1, 0.15) is 5.56 Å².